The van der Waals surface area contributed by atoms with Crippen LogP contribution >= 0.6 is 12.2 Å². The number of carbonyl (C=O) groups is 1. The molecule has 0 aliphatic rings. The minimum atomic E-state index is -0.180. The van der Waals surface area contributed by atoms with Crippen LogP contribution in [0.15, 0.2) is 24.3 Å². The van der Waals surface area contributed by atoms with Gasteiger partial charge in [-0.05, 0) is 35.3 Å². The molecule has 0 atom stereocenters. The Morgan fingerprint density at radius 2 is 1.74 bits per heavy atom. The smallest absolute Gasteiger partial charge is 0.269 e. The van der Waals surface area contributed by atoms with E-state index < -0.39 is 0 Å². The summed E-state index contributed by atoms with van der Waals surface area (Å²) in [7, 11) is 3.41. The Kier molecular flexibility index (Phi) is 4.89. The first-order valence-corrected chi connectivity index (χ1v) is 6.53. The van der Waals surface area contributed by atoms with Gasteiger partial charge in [0.1, 0.15) is 0 Å². The number of hydrogen-bond acceptors (Lipinski definition) is 2. The Hall–Kier alpha value is -1.62. The molecule has 19 heavy (non-hydrogen) atoms. The maximum atomic E-state index is 12.0. The molecule has 0 heterocycles. The van der Waals surface area contributed by atoms with E-state index in [4.69, 9.17) is 12.2 Å². The quantitative estimate of drug-likeness (QED) is 0.610. The van der Waals surface area contributed by atoms with E-state index in [1.165, 1.54) is 10.6 Å². The van der Waals surface area contributed by atoms with Crippen molar-refractivity contribution in [3.8, 4) is 0 Å². The normalized spacial score (nSPS) is 10.8. The third-order valence-corrected chi connectivity index (χ3v) is 3.28. The third-order valence-electron chi connectivity index (χ3n) is 2.80. The van der Waals surface area contributed by atoms with E-state index in [-0.39, 0.29) is 11.3 Å². The highest BCUT2D eigenvalue weighted by atomic mass is 32.1. The van der Waals surface area contributed by atoms with E-state index in [0.717, 1.165) is 0 Å². The Bertz CT molecular complexity index is 463. The molecule has 5 heteroatoms. The second-order valence-corrected chi connectivity index (χ2v) is 5.77. The summed E-state index contributed by atoms with van der Waals surface area (Å²) in [5.74, 6) is -0.180. The van der Waals surface area contributed by atoms with Gasteiger partial charge in [-0.25, -0.2) is 0 Å². The lowest BCUT2D eigenvalue weighted by atomic mass is 9.87. The summed E-state index contributed by atoms with van der Waals surface area (Å²) in [5.41, 5.74) is 4.59. The number of nitrogens with zero attached hydrogens (tertiary/aromatic N) is 1. The van der Waals surface area contributed by atoms with Gasteiger partial charge in [-0.15, -0.1) is 0 Å². The topological polar surface area (TPSA) is 44.4 Å². The maximum absolute atomic E-state index is 12.0. The molecule has 104 valence electrons. The summed E-state index contributed by atoms with van der Waals surface area (Å²) in [6.45, 7) is 6.42. The van der Waals surface area contributed by atoms with Crippen molar-refractivity contribution in [2.75, 3.05) is 14.1 Å². The van der Waals surface area contributed by atoms with Crippen LogP contribution in [0.1, 0.15) is 36.7 Å². The molecule has 2 N–H and O–H groups in total. The first kappa shape index (κ1) is 15.4. The summed E-state index contributed by atoms with van der Waals surface area (Å²) in [4.78, 5) is 12.0. The molecule has 0 radical (unpaired) electrons. The molecular formula is C14H21N3OS. The molecule has 0 aliphatic carbocycles. The minimum absolute atomic E-state index is 0.0828. The molecule has 0 aromatic heterocycles. The number of benzene rings is 1. The summed E-state index contributed by atoms with van der Waals surface area (Å²) in [5, 5.41) is 4.73. The van der Waals surface area contributed by atoms with Crippen LogP contribution in [0.4, 0.5) is 0 Å². The van der Waals surface area contributed by atoms with Crippen LogP contribution in [0.25, 0.3) is 0 Å². The van der Waals surface area contributed by atoms with Gasteiger partial charge >= 0.3 is 0 Å². The number of carbonyl (C=O) groups excluding carboxylic acids is 1. The standard InChI is InChI=1S/C14H21N3OS/c1-14(2,3)11-8-6-10(7-9-11)12(18)16-17(5)13(19)15-4/h6-9H,1-5H3,(H,15,19)(H,16,18). The molecule has 0 saturated heterocycles. The zero-order valence-electron chi connectivity index (χ0n) is 12.1. The van der Waals surface area contributed by atoms with Crippen molar-refractivity contribution in [3.63, 3.8) is 0 Å². The van der Waals surface area contributed by atoms with Crippen LogP contribution in [-0.2, 0) is 5.41 Å². The fourth-order valence-electron chi connectivity index (χ4n) is 1.56. The molecule has 1 amide bonds. The number of hydrazine groups is 1. The summed E-state index contributed by atoms with van der Waals surface area (Å²) >= 11 is 5.02. The van der Waals surface area contributed by atoms with Crippen LogP contribution in [-0.4, -0.2) is 30.1 Å². The molecule has 0 fully saturated rings. The number of thiocarbonyl (C=S) groups is 1. The molecule has 0 aliphatic heterocycles. The molecule has 1 rings (SSSR count). The zero-order valence-corrected chi connectivity index (χ0v) is 12.9. The molecule has 1 aromatic rings. The van der Waals surface area contributed by atoms with Gasteiger partial charge in [0, 0.05) is 19.7 Å². The predicted octanol–water partition coefficient (Wildman–Crippen LogP) is 2.06. The van der Waals surface area contributed by atoms with E-state index in [2.05, 4.69) is 31.5 Å². The lowest BCUT2D eigenvalue weighted by Crippen LogP contribution is -2.47. The van der Waals surface area contributed by atoms with Crippen molar-refractivity contribution in [1.29, 1.82) is 0 Å². The van der Waals surface area contributed by atoms with Gasteiger partial charge in [0.25, 0.3) is 5.91 Å². The minimum Gasteiger partial charge on any atom is -0.364 e. The van der Waals surface area contributed by atoms with Crippen molar-refractivity contribution < 1.29 is 4.79 Å². The monoisotopic (exact) mass is 279 g/mol. The molecule has 0 spiro atoms. The van der Waals surface area contributed by atoms with Crippen molar-refractivity contribution in [2.45, 2.75) is 26.2 Å². The third kappa shape index (κ3) is 4.21. The van der Waals surface area contributed by atoms with Gasteiger partial charge in [0.2, 0.25) is 0 Å². The zero-order chi connectivity index (χ0) is 14.6. The molecule has 0 saturated carbocycles. The van der Waals surface area contributed by atoms with E-state index >= 15 is 0 Å². The van der Waals surface area contributed by atoms with Crippen molar-refractivity contribution in [1.82, 2.24) is 15.8 Å². The number of hydrogen-bond donors (Lipinski definition) is 2. The predicted molar refractivity (Wildman–Crippen MR) is 82.0 cm³/mol. The highest BCUT2D eigenvalue weighted by Crippen LogP contribution is 2.22. The molecule has 1 aromatic carbocycles. The number of rotatable bonds is 1. The van der Waals surface area contributed by atoms with E-state index in [1.807, 2.05) is 24.3 Å². The highest BCUT2D eigenvalue weighted by molar-refractivity contribution is 7.80. The highest BCUT2D eigenvalue weighted by Gasteiger charge is 2.15. The van der Waals surface area contributed by atoms with Crippen molar-refractivity contribution in [2.24, 2.45) is 0 Å². The van der Waals surface area contributed by atoms with Crippen LogP contribution in [0.3, 0.4) is 0 Å². The van der Waals surface area contributed by atoms with Gasteiger partial charge in [0.05, 0.1) is 0 Å². The molecule has 0 bridgehead atoms. The summed E-state index contributed by atoms with van der Waals surface area (Å²) < 4.78 is 0. The Morgan fingerprint density at radius 3 is 2.16 bits per heavy atom. The Labute approximate surface area is 120 Å². The first-order chi connectivity index (χ1) is 8.75. The van der Waals surface area contributed by atoms with E-state index in [9.17, 15) is 4.79 Å². The molecular weight excluding hydrogens is 258 g/mol. The van der Waals surface area contributed by atoms with Gasteiger partial charge in [-0.1, -0.05) is 32.9 Å². The summed E-state index contributed by atoms with van der Waals surface area (Å²) in [6, 6.07) is 7.61. The van der Waals surface area contributed by atoms with Gasteiger partial charge < -0.3 is 5.32 Å². The SMILES string of the molecule is CNC(=S)N(C)NC(=O)c1ccc(C(C)(C)C)cc1. The van der Waals surface area contributed by atoms with Gasteiger partial charge in [-0.3, -0.25) is 15.2 Å². The van der Waals surface area contributed by atoms with Crippen molar-refractivity contribution >= 4 is 23.2 Å². The van der Waals surface area contributed by atoms with Crippen LogP contribution in [0.2, 0.25) is 0 Å². The second kappa shape index (κ2) is 6.02. The average Bonchev–Trinajstić information content (AvgIpc) is 2.36. The Morgan fingerprint density at radius 1 is 1.21 bits per heavy atom. The number of amides is 1. The van der Waals surface area contributed by atoms with E-state index in [1.54, 1.807) is 14.1 Å². The Balaban J connectivity index is 2.76. The fraction of sp³-hybridized carbons (Fsp3) is 0.429. The lowest BCUT2D eigenvalue weighted by molar-refractivity contribution is 0.0886. The van der Waals surface area contributed by atoms with E-state index in [0.29, 0.717) is 10.7 Å². The summed E-state index contributed by atoms with van der Waals surface area (Å²) in [6.07, 6.45) is 0. The lowest BCUT2D eigenvalue weighted by Gasteiger charge is -2.21. The fourth-order valence-corrected chi connectivity index (χ4v) is 1.60. The van der Waals surface area contributed by atoms with Gasteiger partial charge in [0.15, 0.2) is 5.11 Å². The second-order valence-electron chi connectivity index (χ2n) is 5.38. The number of nitrogens with one attached hydrogen (secondary N) is 2. The van der Waals surface area contributed by atoms with Crippen LogP contribution in [0, 0.1) is 0 Å². The van der Waals surface area contributed by atoms with Crippen LogP contribution < -0.4 is 10.7 Å². The molecule has 4 nitrogen and oxygen atoms in total. The van der Waals surface area contributed by atoms with Crippen LogP contribution in [0.5, 0.6) is 0 Å². The largest absolute Gasteiger partial charge is 0.364 e. The van der Waals surface area contributed by atoms with Gasteiger partial charge in [-0.2, -0.15) is 0 Å². The first-order valence-electron chi connectivity index (χ1n) is 6.12. The maximum Gasteiger partial charge on any atom is 0.269 e. The average molecular weight is 279 g/mol. The molecule has 0 unspecified atom stereocenters. The van der Waals surface area contributed by atoms with Crippen molar-refractivity contribution in [3.05, 3.63) is 35.4 Å².